The highest BCUT2D eigenvalue weighted by Crippen LogP contribution is 1.80. The van der Waals surface area contributed by atoms with Gasteiger partial charge in [-0.05, 0) is 6.92 Å². The van der Waals surface area contributed by atoms with Crippen LogP contribution in [0.15, 0.2) is 0 Å². The van der Waals surface area contributed by atoms with Crippen LogP contribution in [0.5, 0.6) is 0 Å². The summed E-state index contributed by atoms with van der Waals surface area (Å²) in [6.07, 6.45) is 0. The van der Waals surface area contributed by atoms with Gasteiger partial charge in [-0.15, -0.1) is 0 Å². The molecule has 0 spiro atoms. The number of rotatable bonds is 12. The van der Waals surface area contributed by atoms with Gasteiger partial charge in [0.15, 0.2) is 0 Å². The van der Waals surface area contributed by atoms with Gasteiger partial charge < -0.3 is 20.1 Å². The molecule has 2 N–H and O–H groups in total. The van der Waals surface area contributed by atoms with Crippen molar-refractivity contribution in [3.8, 4) is 0 Å². The van der Waals surface area contributed by atoms with Crippen LogP contribution in [0, 0.1) is 0 Å². The van der Waals surface area contributed by atoms with Gasteiger partial charge in [-0.2, -0.15) is 0 Å². The number of ether oxygens (including phenoxy) is 2. The first-order valence-corrected chi connectivity index (χ1v) is 6.22. The van der Waals surface area contributed by atoms with Gasteiger partial charge in [-0.1, -0.05) is 13.8 Å². The summed E-state index contributed by atoms with van der Waals surface area (Å²) >= 11 is 0. The lowest BCUT2D eigenvalue weighted by molar-refractivity contribution is -0.116. The average Bonchev–Trinajstić information content (AvgIpc) is 2.25. The Hall–Kier alpha value is -0.490. The Morgan fingerprint density at radius 2 is 1.65 bits per heavy atom. The molecule has 102 valence electrons. The van der Waals surface area contributed by atoms with E-state index in [9.17, 15) is 4.79 Å². The van der Waals surface area contributed by atoms with Gasteiger partial charge in [0, 0.05) is 19.1 Å². The zero-order chi connectivity index (χ0) is 12.9. The molecule has 5 heteroatoms. The van der Waals surface area contributed by atoms with Crippen LogP contribution in [-0.2, 0) is 14.3 Å². The molecule has 0 fully saturated rings. The van der Waals surface area contributed by atoms with Gasteiger partial charge in [0.25, 0.3) is 0 Å². The lowest BCUT2D eigenvalue weighted by Crippen LogP contribution is -2.27. The molecule has 0 radical (unpaired) electrons. The van der Waals surface area contributed by atoms with E-state index in [1.807, 2.05) is 0 Å². The Morgan fingerprint density at radius 1 is 1.06 bits per heavy atom. The minimum absolute atomic E-state index is 0.144. The fourth-order valence-electron chi connectivity index (χ4n) is 1.15. The van der Waals surface area contributed by atoms with E-state index in [1.165, 1.54) is 0 Å². The second-order valence-electron chi connectivity index (χ2n) is 4.21. The first-order valence-electron chi connectivity index (χ1n) is 6.22. The van der Waals surface area contributed by atoms with Crippen LogP contribution in [0.4, 0.5) is 0 Å². The number of ketones is 1. The molecule has 0 aliphatic rings. The molecule has 17 heavy (non-hydrogen) atoms. The number of hydrogen-bond donors (Lipinski definition) is 2. The molecule has 0 bridgehead atoms. The second-order valence-corrected chi connectivity index (χ2v) is 4.21. The molecule has 0 rings (SSSR count). The summed E-state index contributed by atoms with van der Waals surface area (Å²) in [6, 6.07) is 0.502. The van der Waals surface area contributed by atoms with Crippen molar-refractivity contribution in [1.82, 2.24) is 10.6 Å². The maximum Gasteiger partial charge on any atom is 0.143 e. The molecule has 0 unspecified atom stereocenters. The maximum atomic E-state index is 10.6. The van der Waals surface area contributed by atoms with Crippen molar-refractivity contribution in [1.29, 1.82) is 0 Å². The number of carbonyl (C=O) groups is 1. The zero-order valence-electron chi connectivity index (χ0n) is 11.3. The third-order valence-corrected chi connectivity index (χ3v) is 1.97. The van der Waals surface area contributed by atoms with Crippen LogP contribution in [0.1, 0.15) is 20.8 Å². The second kappa shape index (κ2) is 12.0. The third-order valence-electron chi connectivity index (χ3n) is 1.97. The van der Waals surface area contributed by atoms with Gasteiger partial charge in [0.05, 0.1) is 33.0 Å². The van der Waals surface area contributed by atoms with Gasteiger partial charge >= 0.3 is 0 Å². The molecule has 0 amide bonds. The van der Waals surface area contributed by atoms with Crippen molar-refractivity contribution >= 4 is 5.78 Å². The number of carbonyl (C=O) groups excluding carboxylic acids is 1. The number of hydrogen-bond acceptors (Lipinski definition) is 5. The molecule has 0 aliphatic carbocycles. The lowest BCUT2D eigenvalue weighted by Gasteiger charge is -2.09. The fraction of sp³-hybridized carbons (Fsp3) is 0.917. The number of nitrogens with one attached hydrogen (secondary N) is 2. The Bertz CT molecular complexity index is 187. The summed E-state index contributed by atoms with van der Waals surface area (Å²) in [5.41, 5.74) is 0. The molecular formula is C12H26N2O3. The quantitative estimate of drug-likeness (QED) is 0.482. The smallest absolute Gasteiger partial charge is 0.143 e. The SMILES string of the molecule is CC(=O)CNCCOCCOCCNC(C)C. The van der Waals surface area contributed by atoms with E-state index in [-0.39, 0.29) is 5.78 Å². The topological polar surface area (TPSA) is 59.6 Å². The molecule has 0 aromatic heterocycles. The van der Waals surface area contributed by atoms with Crippen molar-refractivity contribution in [2.24, 2.45) is 0 Å². The van der Waals surface area contributed by atoms with Crippen molar-refractivity contribution in [2.75, 3.05) is 46.1 Å². The van der Waals surface area contributed by atoms with Crippen molar-refractivity contribution in [3.05, 3.63) is 0 Å². The zero-order valence-corrected chi connectivity index (χ0v) is 11.3. The molecule has 0 saturated heterocycles. The average molecular weight is 246 g/mol. The molecule has 0 atom stereocenters. The summed E-state index contributed by atoms with van der Waals surface area (Å²) < 4.78 is 10.7. The molecule has 0 aliphatic heterocycles. The fourth-order valence-corrected chi connectivity index (χ4v) is 1.15. The first kappa shape index (κ1) is 16.5. The van der Waals surface area contributed by atoms with E-state index in [0.717, 1.165) is 6.54 Å². The summed E-state index contributed by atoms with van der Waals surface area (Å²) in [5.74, 6) is 0.144. The Labute approximate surface area is 104 Å². The van der Waals surface area contributed by atoms with Crippen LogP contribution < -0.4 is 10.6 Å². The van der Waals surface area contributed by atoms with Gasteiger partial charge in [-0.25, -0.2) is 0 Å². The standard InChI is InChI=1S/C12H26N2O3/c1-11(2)14-5-7-17-9-8-16-6-4-13-10-12(3)15/h11,13-14H,4-10H2,1-3H3. The van der Waals surface area contributed by atoms with E-state index >= 15 is 0 Å². The van der Waals surface area contributed by atoms with E-state index in [1.54, 1.807) is 6.92 Å². The largest absolute Gasteiger partial charge is 0.378 e. The Balaban J connectivity index is 2.96. The molecule has 0 saturated carbocycles. The maximum absolute atomic E-state index is 10.6. The van der Waals surface area contributed by atoms with Gasteiger partial charge in [-0.3, -0.25) is 4.79 Å². The monoisotopic (exact) mass is 246 g/mol. The molecular weight excluding hydrogens is 220 g/mol. The van der Waals surface area contributed by atoms with Crippen molar-refractivity contribution in [2.45, 2.75) is 26.8 Å². The van der Waals surface area contributed by atoms with Crippen LogP contribution in [0.25, 0.3) is 0 Å². The van der Waals surface area contributed by atoms with E-state index in [4.69, 9.17) is 9.47 Å². The van der Waals surface area contributed by atoms with Crippen LogP contribution in [0.2, 0.25) is 0 Å². The minimum Gasteiger partial charge on any atom is -0.378 e. The first-order chi connectivity index (χ1) is 8.13. The normalized spacial score (nSPS) is 11.1. The minimum atomic E-state index is 0.144. The summed E-state index contributed by atoms with van der Waals surface area (Å²) in [4.78, 5) is 10.6. The molecule has 0 aromatic carbocycles. The molecule has 0 aromatic rings. The highest BCUT2D eigenvalue weighted by molar-refractivity contribution is 5.77. The van der Waals surface area contributed by atoms with Gasteiger partial charge in [0.1, 0.15) is 5.78 Å². The Morgan fingerprint density at radius 3 is 2.18 bits per heavy atom. The van der Waals surface area contributed by atoms with Crippen molar-refractivity contribution < 1.29 is 14.3 Å². The lowest BCUT2D eigenvalue weighted by atomic mass is 10.4. The molecule has 0 heterocycles. The van der Waals surface area contributed by atoms with Crippen LogP contribution in [0.3, 0.4) is 0 Å². The third kappa shape index (κ3) is 15.5. The predicted molar refractivity (Wildman–Crippen MR) is 68.3 cm³/mol. The molecule has 5 nitrogen and oxygen atoms in total. The Kier molecular flexibility index (Phi) is 11.6. The summed E-state index contributed by atoms with van der Waals surface area (Å²) in [7, 11) is 0. The summed E-state index contributed by atoms with van der Waals surface area (Å²) in [6.45, 7) is 10.3. The van der Waals surface area contributed by atoms with E-state index < -0.39 is 0 Å². The van der Waals surface area contributed by atoms with Crippen LogP contribution >= 0.6 is 0 Å². The van der Waals surface area contributed by atoms with E-state index in [0.29, 0.717) is 45.6 Å². The van der Waals surface area contributed by atoms with Gasteiger partial charge in [0.2, 0.25) is 0 Å². The predicted octanol–water partition coefficient (Wildman–Crippen LogP) is 0.196. The number of Topliss-reactive ketones (excluding diaryl/α,β-unsaturated/α-hetero) is 1. The van der Waals surface area contributed by atoms with E-state index in [2.05, 4.69) is 24.5 Å². The highest BCUT2D eigenvalue weighted by atomic mass is 16.5. The highest BCUT2D eigenvalue weighted by Gasteiger charge is 1.94. The summed E-state index contributed by atoms with van der Waals surface area (Å²) in [5, 5.41) is 6.25. The van der Waals surface area contributed by atoms with Crippen molar-refractivity contribution in [3.63, 3.8) is 0 Å². The van der Waals surface area contributed by atoms with Crippen LogP contribution in [-0.4, -0.2) is 57.9 Å².